The lowest BCUT2D eigenvalue weighted by Crippen LogP contribution is -2.02. The van der Waals surface area contributed by atoms with E-state index in [1.807, 2.05) is 12.1 Å². The highest BCUT2D eigenvalue weighted by atomic mass is 32.1. The number of hydrogen-bond acceptors (Lipinski definition) is 4. The van der Waals surface area contributed by atoms with Crippen LogP contribution in [-0.4, -0.2) is 4.37 Å². The second-order valence-corrected chi connectivity index (χ2v) is 6.26. The molecule has 0 aliphatic heterocycles. The number of nitrogens with zero attached hydrogens (tertiary/aromatic N) is 1. The third kappa shape index (κ3) is 2.50. The van der Waals surface area contributed by atoms with E-state index >= 15 is 0 Å². The fourth-order valence-corrected chi connectivity index (χ4v) is 3.32. The van der Waals surface area contributed by atoms with Crippen molar-refractivity contribution in [1.29, 1.82) is 0 Å². The third-order valence-electron chi connectivity index (χ3n) is 3.69. The van der Waals surface area contributed by atoms with Crippen LogP contribution in [0.4, 0.5) is 15.2 Å². The summed E-state index contributed by atoms with van der Waals surface area (Å²) in [6, 6.07) is 3.77. The average Bonchev–Trinajstić information content (AvgIpc) is 3.17. The number of nitrogens with one attached hydrogen (secondary N) is 1. The second-order valence-electron chi connectivity index (χ2n) is 5.48. The summed E-state index contributed by atoms with van der Waals surface area (Å²) in [6.45, 7) is 4.27. The fourth-order valence-electron chi connectivity index (χ4n) is 2.52. The van der Waals surface area contributed by atoms with Crippen molar-refractivity contribution in [1.82, 2.24) is 4.37 Å². The van der Waals surface area contributed by atoms with E-state index in [0.29, 0.717) is 29.4 Å². The maximum absolute atomic E-state index is 13.6. The van der Waals surface area contributed by atoms with E-state index in [4.69, 9.17) is 5.73 Å². The van der Waals surface area contributed by atoms with Gasteiger partial charge in [-0.3, -0.25) is 0 Å². The molecule has 5 heteroatoms. The Bertz CT molecular complexity index is 624. The Balaban J connectivity index is 1.77. The van der Waals surface area contributed by atoms with Crippen LogP contribution in [0.3, 0.4) is 0 Å². The predicted octanol–water partition coefficient (Wildman–Crippen LogP) is 3.97. The maximum atomic E-state index is 13.6. The van der Waals surface area contributed by atoms with E-state index in [9.17, 15) is 4.39 Å². The number of aryl methyl sites for hydroxylation is 2. The highest BCUT2D eigenvalue weighted by molar-refractivity contribution is 7.10. The summed E-state index contributed by atoms with van der Waals surface area (Å²) in [6.07, 6.45) is 2.40. The molecule has 0 unspecified atom stereocenters. The zero-order valence-corrected chi connectivity index (χ0v) is 12.5. The van der Waals surface area contributed by atoms with Crippen LogP contribution in [0.15, 0.2) is 12.1 Å². The Morgan fingerprint density at radius 1 is 1.35 bits per heavy atom. The van der Waals surface area contributed by atoms with Crippen LogP contribution in [0.2, 0.25) is 0 Å². The number of hydrogen-bond donors (Lipinski definition) is 2. The zero-order chi connectivity index (χ0) is 14.3. The molecule has 3 nitrogen and oxygen atoms in total. The Kier molecular flexibility index (Phi) is 3.38. The van der Waals surface area contributed by atoms with Gasteiger partial charge in [-0.2, -0.15) is 4.37 Å². The molecule has 0 spiro atoms. The molecule has 2 aromatic rings. The third-order valence-corrected chi connectivity index (χ3v) is 4.53. The van der Waals surface area contributed by atoms with Gasteiger partial charge in [-0.15, -0.1) is 0 Å². The number of nitrogen functional groups attached to an aromatic ring is 1. The van der Waals surface area contributed by atoms with Crippen LogP contribution in [0.25, 0.3) is 0 Å². The summed E-state index contributed by atoms with van der Waals surface area (Å²) >= 11 is 1.42. The summed E-state index contributed by atoms with van der Waals surface area (Å²) < 4.78 is 17.8. The van der Waals surface area contributed by atoms with Crippen molar-refractivity contribution >= 4 is 22.4 Å². The molecule has 0 saturated heterocycles. The fraction of sp³-hybridized carbons (Fsp3) is 0.400. The molecule has 0 atom stereocenters. The van der Waals surface area contributed by atoms with Gasteiger partial charge in [0, 0.05) is 12.1 Å². The van der Waals surface area contributed by atoms with Gasteiger partial charge in [0.15, 0.2) is 0 Å². The predicted molar refractivity (Wildman–Crippen MR) is 81.7 cm³/mol. The zero-order valence-electron chi connectivity index (χ0n) is 11.7. The lowest BCUT2D eigenvalue weighted by atomic mass is 10.1. The van der Waals surface area contributed by atoms with E-state index < -0.39 is 0 Å². The highest BCUT2D eigenvalue weighted by Crippen LogP contribution is 2.47. The summed E-state index contributed by atoms with van der Waals surface area (Å²) in [5.74, 6) is 1.12. The molecule has 1 aliphatic rings. The minimum atomic E-state index is -0.116. The lowest BCUT2D eigenvalue weighted by molar-refractivity contribution is 0.608. The first kappa shape index (κ1) is 13.4. The number of anilines is 2. The van der Waals surface area contributed by atoms with E-state index in [0.717, 1.165) is 10.6 Å². The van der Waals surface area contributed by atoms with Crippen LogP contribution in [0.5, 0.6) is 0 Å². The normalized spacial score (nSPS) is 14.6. The molecule has 1 heterocycles. The van der Waals surface area contributed by atoms with E-state index in [-0.39, 0.29) is 5.82 Å². The van der Waals surface area contributed by atoms with Gasteiger partial charge < -0.3 is 11.1 Å². The van der Waals surface area contributed by atoms with Gasteiger partial charge in [0.1, 0.15) is 16.6 Å². The van der Waals surface area contributed by atoms with E-state index in [1.165, 1.54) is 29.9 Å². The summed E-state index contributed by atoms with van der Waals surface area (Å²) in [5, 5.41) is 4.46. The molecular formula is C15H18FN3S. The monoisotopic (exact) mass is 291 g/mol. The molecule has 0 amide bonds. The van der Waals surface area contributed by atoms with Crippen molar-refractivity contribution < 1.29 is 4.39 Å². The Morgan fingerprint density at radius 2 is 2.00 bits per heavy atom. The molecule has 0 radical (unpaired) electrons. The molecule has 1 saturated carbocycles. The second kappa shape index (κ2) is 5.05. The van der Waals surface area contributed by atoms with Crippen molar-refractivity contribution in [2.24, 2.45) is 0 Å². The van der Waals surface area contributed by atoms with Gasteiger partial charge in [-0.25, -0.2) is 4.39 Å². The molecule has 3 N–H and O–H groups in total. The van der Waals surface area contributed by atoms with Crippen LogP contribution >= 0.6 is 11.5 Å². The van der Waals surface area contributed by atoms with Crippen molar-refractivity contribution in [2.75, 3.05) is 11.1 Å². The minimum Gasteiger partial charge on any atom is -0.383 e. The van der Waals surface area contributed by atoms with E-state index in [2.05, 4.69) is 9.69 Å². The highest BCUT2D eigenvalue weighted by Gasteiger charge is 2.30. The maximum Gasteiger partial charge on any atom is 0.142 e. The largest absolute Gasteiger partial charge is 0.383 e. The minimum absolute atomic E-state index is 0.116. The Labute approximate surface area is 122 Å². The molecule has 0 bridgehead atoms. The topological polar surface area (TPSA) is 50.9 Å². The average molecular weight is 291 g/mol. The molecule has 1 aliphatic carbocycles. The van der Waals surface area contributed by atoms with Gasteiger partial charge in [0.05, 0.1) is 0 Å². The first-order valence-electron chi connectivity index (χ1n) is 6.80. The van der Waals surface area contributed by atoms with Crippen molar-refractivity contribution in [3.63, 3.8) is 0 Å². The van der Waals surface area contributed by atoms with Gasteiger partial charge in [0.2, 0.25) is 0 Å². The van der Waals surface area contributed by atoms with Crippen LogP contribution < -0.4 is 11.1 Å². The lowest BCUT2D eigenvalue weighted by Gasteiger charge is -2.09. The number of nitrogens with two attached hydrogens (primary N) is 1. The standard InChI is InChI=1S/C15H18FN3S/c1-8-5-10(6-9(2)13(8)16)7-18-15-12(11-3-4-11)14(17)19-20-15/h5-6,11,18H,3-4,7H2,1-2H3,(H2,17,19). The summed E-state index contributed by atoms with van der Waals surface area (Å²) in [4.78, 5) is 0. The Morgan fingerprint density at radius 3 is 2.60 bits per heavy atom. The quantitative estimate of drug-likeness (QED) is 0.896. The van der Waals surface area contributed by atoms with Gasteiger partial charge in [-0.05, 0) is 60.8 Å². The summed E-state index contributed by atoms with van der Waals surface area (Å²) in [5.41, 5.74) is 9.56. The molecule has 20 heavy (non-hydrogen) atoms. The number of halogens is 1. The summed E-state index contributed by atoms with van der Waals surface area (Å²) in [7, 11) is 0. The molecule has 1 aromatic heterocycles. The van der Waals surface area contributed by atoms with E-state index in [1.54, 1.807) is 13.8 Å². The van der Waals surface area contributed by atoms with Gasteiger partial charge in [0.25, 0.3) is 0 Å². The molecule has 106 valence electrons. The SMILES string of the molecule is Cc1cc(CNc2snc(N)c2C2CC2)cc(C)c1F. The number of rotatable bonds is 4. The smallest absolute Gasteiger partial charge is 0.142 e. The van der Waals surface area contributed by atoms with Crippen molar-refractivity contribution in [3.05, 3.63) is 40.2 Å². The molecule has 1 aromatic carbocycles. The first-order valence-corrected chi connectivity index (χ1v) is 7.58. The molecular weight excluding hydrogens is 273 g/mol. The van der Waals surface area contributed by atoms with Crippen LogP contribution in [0.1, 0.15) is 41.0 Å². The number of benzene rings is 1. The van der Waals surface area contributed by atoms with Crippen LogP contribution in [-0.2, 0) is 6.54 Å². The number of aromatic nitrogens is 1. The van der Waals surface area contributed by atoms with Gasteiger partial charge >= 0.3 is 0 Å². The molecule has 1 fully saturated rings. The first-order chi connectivity index (χ1) is 9.56. The van der Waals surface area contributed by atoms with Crippen LogP contribution in [0, 0.1) is 19.7 Å². The van der Waals surface area contributed by atoms with Gasteiger partial charge in [-0.1, -0.05) is 12.1 Å². The Hall–Kier alpha value is -1.62. The molecule has 3 rings (SSSR count). The van der Waals surface area contributed by atoms with Crippen molar-refractivity contribution in [2.45, 2.75) is 39.2 Å². The van der Waals surface area contributed by atoms with Crippen molar-refractivity contribution in [3.8, 4) is 0 Å².